The summed E-state index contributed by atoms with van der Waals surface area (Å²) >= 11 is 0. The minimum atomic E-state index is -0.322. The Balaban J connectivity index is 1.82. The second-order valence-corrected chi connectivity index (χ2v) is 4.75. The van der Waals surface area contributed by atoms with Crippen LogP contribution in [0.25, 0.3) is 0 Å². The van der Waals surface area contributed by atoms with Crippen molar-refractivity contribution in [3.05, 3.63) is 29.6 Å². The lowest BCUT2D eigenvalue weighted by Crippen LogP contribution is -2.51. The summed E-state index contributed by atoms with van der Waals surface area (Å²) in [6, 6.07) is 4.64. The first kappa shape index (κ1) is 13.0. The smallest absolute Gasteiger partial charge is 0.238 e. The standard InChI is InChI=1S/C13H17FN2O2/c1-9-2-3-11(4-12(9)14)15-13(18)7-16-5-10(6-16)8-17/h2-4,10,17H,5-8H2,1H3,(H,15,18). The summed E-state index contributed by atoms with van der Waals surface area (Å²) in [5.74, 6) is -0.193. The molecule has 0 aliphatic carbocycles. The molecule has 1 aromatic rings. The van der Waals surface area contributed by atoms with Gasteiger partial charge in [-0.1, -0.05) is 6.07 Å². The van der Waals surface area contributed by atoms with Gasteiger partial charge >= 0.3 is 0 Å². The molecule has 98 valence electrons. The van der Waals surface area contributed by atoms with Gasteiger partial charge in [0.15, 0.2) is 0 Å². The van der Waals surface area contributed by atoms with Crippen LogP contribution in [0.5, 0.6) is 0 Å². The summed E-state index contributed by atoms with van der Waals surface area (Å²) in [4.78, 5) is 13.6. The Morgan fingerprint density at radius 1 is 1.56 bits per heavy atom. The van der Waals surface area contributed by atoms with Gasteiger partial charge in [0.1, 0.15) is 5.82 Å². The van der Waals surface area contributed by atoms with E-state index in [9.17, 15) is 9.18 Å². The van der Waals surface area contributed by atoms with Gasteiger partial charge in [-0.15, -0.1) is 0 Å². The number of nitrogens with one attached hydrogen (secondary N) is 1. The second kappa shape index (κ2) is 5.46. The molecule has 2 rings (SSSR count). The Morgan fingerprint density at radius 2 is 2.28 bits per heavy atom. The third-order valence-electron chi connectivity index (χ3n) is 3.11. The van der Waals surface area contributed by atoms with E-state index in [2.05, 4.69) is 5.32 Å². The zero-order chi connectivity index (χ0) is 13.1. The third kappa shape index (κ3) is 3.05. The van der Waals surface area contributed by atoms with Gasteiger partial charge in [-0.2, -0.15) is 0 Å². The number of aryl methyl sites for hydroxylation is 1. The van der Waals surface area contributed by atoms with Crippen LogP contribution in [0.4, 0.5) is 10.1 Å². The van der Waals surface area contributed by atoms with Gasteiger partial charge in [-0.3, -0.25) is 9.69 Å². The fourth-order valence-electron chi connectivity index (χ4n) is 2.00. The molecule has 1 amide bonds. The summed E-state index contributed by atoms with van der Waals surface area (Å²) in [7, 11) is 0. The largest absolute Gasteiger partial charge is 0.396 e. The van der Waals surface area contributed by atoms with Crippen LogP contribution in [0, 0.1) is 18.7 Å². The third-order valence-corrected chi connectivity index (χ3v) is 3.11. The maximum atomic E-state index is 13.3. The van der Waals surface area contributed by atoms with Crippen molar-refractivity contribution in [1.82, 2.24) is 4.90 Å². The highest BCUT2D eigenvalue weighted by atomic mass is 19.1. The Bertz CT molecular complexity index is 445. The van der Waals surface area contributed by atoms with Crippen molar-refractivity contribution in [2.45, 2.75) is 6.92 Å². The number of hydrogen-bond donors (Lipinski definition) is 2. The van der Waals surface area contributed by atoms with Crippen LogP contribution in [0.15, 0.2) is 18.2 Å². The number of benzene rings is 1. The molecule has 2 N–H and O–H groups in total. The van der Waals surface area contributed by atoms with Crippen molar-refractivity contribution in [3.8, 4) is 0 Å². The molecule has 0 saturated carbocycles. The number of likely N-dealkylation sites (tertiary alicyclic amines) is 1. The molecule has 1 aliphatic rings. The van der Waals surface area contributed by atoms with Gasteiger partial charge in [0.2, 0.25) is 5.91 Å². The highest BCUT2D eigenvalue weighted by molar-refractivity contribution is 5.92. The fraction of sp³-hybridized carbons (Fsp3) is 0.462. The molecule has 1 fully saturated rings. The van der Waals surface area contributed by atoms with E-state index >= 15 is 0 Å². The molecular formula is C13H17FN2O2. The molecule has 0 spiro atoms. The first-order chi connectivity index (χ1) is 8.58. The zero-order valence-electron chi connectivity index (χ0n) is 10.3. The monoisotopic (exact) mass is 252 g/mol. The topological polar surface area (TPSA) is 52.6 Å². The highest BCUT2D eigenvalue weighted by Gasteiger charge is 2.27. The molecule has 1 aromatic carbocycles. The van der Waals surface area contributed by atoms with Crippen molar-refractivity contribution < 1.29 is 14.3 Å². The van der Waals surface area contributed by atoms with Gasteiger partial charge in [-0.25, -0.2) is 4.39 Å². The van der Waals surface area contributed by atoms with Gasteiger partial charge in [0.25, 0.3) is 0 Å². The van der Waals surface area contributed by atoms with Crippen LogP contribution < -0.4 is 5.32 Å². The number of rotatable bonds is 4. The summed E-state index contributed by atoms with van der Waals surface area (Å²) < 4.78 is 13.3. The minimum Gasteiger partial charge on any atom is -0.396 e. The number of carbonyl (C=O) groups excluding carboxylic acids is 1. The lowest BCUT2D eigenvalue weighted by Gasteiger charge is -2.37. The van der Waals surface area contributed by atoms with E-state index in [1.54, 1.807) is 19.1 Å². The predicted molar refractivity (Wildman–Crippen MR) is 66.8 cm³/mol. The molecule has 18 heavy (non-hydrogen) atoms. The quantitative estimate of drug-likeness (QED) is 0.840. The Labute approximate surface area is 105 Å². The van der Waals surface area contributed by atoms with Gasteiger partial charge in [0, 0.05) is 31.3 Å². The van der Waals surface area contributed by atoms with Crippen LogP contribution in [0.1, 0.15) is 5.56 Å². The van der Waals surface area contributed by atoms with E-state index < -0.39 is 0 Å². The van der Waals surface area contributed by atoms with E-state index in [0.717, 1.165) is 13.1 Å². The fourth-order valence-corrected chi connectivity index (χ4v) is 2.00. The van der Waals surface area contributed by atoms with Crippen molar-refractivity contribution >= 4 is 11.6 Å². The first-order valence-corrected chi connectivity index (χ1v) is 5.97. The van der Waals surface area contributed by atoms with Crippen LogP contribution in [-0.4, -0.2) is 42.2 Å². The number of carbonyl (C=O) groups is 1. The van der Waals surface area contributed by atoms with E-state index in [1.807, 2.05) is 4.90 Å². The molecule has 5 heteroatoms. The average molecular weight is 252 g/mol. The van der Waals surface area contributed by atoms with Crippen molar-refractivity contribution in [2.75, 3.05) is 31.6 Å². The van der Waals surface area contributed by atoms with Gasteiger partial charge < -0.3 is 10.4 Å². The molecule has 0 unspecified atom stereocenters. The van der Waals surface area contributed by atoms with Crippen LogP contribution in [0.3, 0.4) is 0 Å². The highest BCUT2D eigenvalue weighted by Crippen LogP contribution is 2.16. The van der Waals surface area contributed by atoms with Gasteiger partial charge in [0.05, 0.1) is 6.54 Å². The lowest BCUT2D eigenvalue weighted by molar-refractivity contribution is -0.119. The SMILES string of the molecule is Cc1ccc(NC(=O)CN2CC(CO)C2)cc1F. The first-order valence-electron chi connectivity index (χ1n) is 5.97. The molecule has 0 bridgehead atoms. The molecule has 1 heterocycles. The molecule has 0 atom stereocenters. The summed E-state index contributed by atoms with van der Waals surface area (Å²) in [5.41, 5.74) is 1.03. The van der Waals surface area contributed by atoms with E-state index in [0.29, 0.717) is 11.3 Å². The minimum absolute atomic E-state index is 0.158. The summed E-state index contributed by atoms with van der Waals surface area (Å²) in [6.07, 6.45) is 0. The number of nitrogens with zero attached hydrogens (tertiary/aromatic N) is 1. The number of amides is 1. The number of aliphatic hydroxyl groups excluding tert-OH is 1. The molecule has 4 nitrogen and oxygen atoms in total. The molecule has 0 radical (unpaired) electrons. The lowest BCUT2D eigenvalue weighted by atomic mass is 10.0. The molecule has 1 saturated heterocycles. The summed E-state index contributed by atoms with van der Waals surface area (Å²) in [6.45, 7) is 3.61. The Hall–Kier alpha value is -1.46. The molecule has 1 aliphatic heterocycles. The van der Waals surface area contributed by atoms with Crippen LogP contribution in [0.2, 0.25) is 0 Å². The predicted octanol–water partition coefficient (Wildman–Crippen LogP) is 0.997. The summed E-state index contributed by atoms with van der Waals surface area (Å²) in [5, 5.41) is 11.5. The zero-order valence-corrected chi connectivity index (χ0v) is 10.3. The Morgan fingerprint density at radius 3 is 2.89 bits per heavy atom. The maximum Gasteiger partial charge on any atom is 0.238 e. The van der Waals surface area contributed by atoms with Crippen molar-refractivity contribution in [2.24, 2.45) is 5.92 Å². The number of aliphatic hydroxyl groups is 1. The Kier molecular flexibility index (Phi) is 3.93. The molecule has 0 aromatic heterocycles. The number of halogens is 1. The van der Waals surface area contributed by atoms with E-state index in [1.165, 1.54) is 6.07 Å². The van der Waals surface area contributed by atoms with Gasteiger partial charge in [-0.05, 0) is 24.6 Å². The van der Waals surface area contributed by atoms with Crippen LogP contribution >= 0.6 is 0 Å². The van der Waals surface area contributed by atoms with Crippen LogP contribution in [-0.2, 0) is 4.79 Å². The van der Waals surface area contributed by atoms with Crippen molar-refractivity contribution in [3.63, 3.8) is 0 Å². The normalized spacial score (nSPS) is 16.4. The number of anilines is 1. The second-order valence-electron chi connectivity index (χ2n) is 4.75. The number of hydrogen-bond acceptors (Lipinski definition) is 3. The maximum absolute atomic E-state index is 13.3. The van der Waals surface area contributed by atoms with E-state index in [-0.39, 0.29) is 30.8 Å². The molecular weight excluding hydrogens is 235 g/mol. The average Bonchev–Trinajstić information content (AvgIpc) is 2.28. The van der Waals surface area contributed by atoms with Crippen molar-refractivity contribution in [1.29, 1.82) is 0 Å². The van der Waals surface area contributed by atoms with E-state index in [4.69, 9.17) is 5.11 Å².